The molecule has 0 aliphatic heterocycles. The molecule has 94 valence electrons. The molecule has 5 heteroatoms. The second kappa shape index (κ2) is 4.31. The van der Waals surface area contributed by atoms with Gasteiger partial charge in [-0.05, 0) is 31.9 Å². The molecule has 4 nitrogen and oxygen atoms in total. The van der Waals surface area contributed by atoms with E-state index in [4.69, 9.17) is 0 Å². The third-order valence-electron chi connectivity index (χ3n) is 2.95. The van der Waals surface area contributed by atoms with Crippen LogP contribution in [-0.4, -0.2) is 20.5 Å². The highest BCUT2D eigenvalue weighted by atomic mass is 32.2. The summed E-state index contributed by atoms with van der Waals surface area (Å²) in [7, 11) is -3.40. The van der Waals surface area contributed by atoms with Gasteiger partial charge in [-0.15, -0.1) is 0 Å². The first kappa shape index (κ1) is 12.4. The Bertz CT molecular complexity index is 507. The number of nitrogens with one attached hydrogen (secondary N) is 2. The van der Waals surface area contributed by atoms with Crippen molar-refractivity contribution in [3.8, 4) is 0 Å². The third-order valence-corrected chi connectivity index (χ3v) is 4.55. The molecule has 17 heavy (non-hydrogen) atoms. The molecule has 1 aromatic rings. The summed E-state index contributed by atoms with van der Waals surface area (Å²) in [5.41, 5.74) is 0.756. The molecule has 1 aliphatic rings. The predicted molar refractivity (Wildman–Crippen MR) is 68.6 cm³/mol. The molecule has 0 spiro atoms. The van der Waals surface area contributed by atoms with Gasteiger partial charge in [0.15, 0.2) is 0 Å². The van der Waals surface area contributed by atoms with Crippen LogP contribution in [0.15, 0.2) is 29.2 Å². The Morgan fingerprint density at radius 1 is 1.29 bits per heavy atom. The number of sulfonamides is 1. The average Bonchev–Trinajstić information content (AvgIpc) is 2.96. The van der Waals surface area contributed by atoms with E-state index in [-0.39, 0.29) is 5.54 Å². The van der Waals surface area contributed by atoms with E-state index in [2.05, 4.69) is 17.0 Å². The molecular formula is C12H18N2O2S. The lowest BCUT2D eigenvalue weighted by Crippen LogP contribution is -2.25. The zero-order chi connectivity index (χ0) is 12.5. The van der Waals surface area contributed by atoms with Crippen molar-refractivity contribution in [2.45, 2.75) is 37.1 Å². The summed E-state index contributed by atoms with van der Waals surface area (Å²) in [6.45, 7) is 4.27. The van der Waals surface area contributed by atoms with Gasteiger partial charge in [-0.1, -0.05) is 19.1 Å². The fourth-order valence-corrected chi connectivity index (χ4v) is 2.91. The van der Waals surface area contributed by atoms with Crippen LogP contribution in [0.3, 0.4) is 0 Å². The van der Waals surface area contributed by atoms with Crippen molar-refractivity contribution < 1.29 is 8.42 Å². The molecule has 1 saturated carbocycles. The van der Waals surface area contributed by atoms with Crippen LogP contribution in [-0.2, 0) is 10.0 Å². The molecule has 1 fully saturated rings. The molecule has 0 bridgehead atoms. The lowest BCUT2D eigenvalue weighted by atomic mass is 10.2. The number of anilines is 1. The average molecular weight is 254 g/mol. The van der Waals surface area contributed by atoms with Gasteiger partial charge in [0.1, 0.15) is 4.90 Å². The minimum atomic E-state index is -3.40. The highest BCUT2D eigenvalue weighted by Crippen LogP contribution is 2.39. The molecule has 0 radical (unpaired) electrons. The Labute approximate surface area is 102 Å². The Morgan fingerprint density at radius 2 is 1.94 bits per heavy atom. The summed E-state index contributed by atoms with van der Waals surface area (Å²) >= 11 is 0. The van der Waals surface area contributed by atoms with Crippen molar-refractivity contribution in [2.75, 3.05) is 11.9 Å². The monoisotopic (exact) mass is 254 g/mol. The number of rotatable bonds is 5. The highest BCUT2D eigenvalue weighted by molar-refractivity contribution is 7.89. The van der Waals surface area contributed by atoms with Gasteiger partial charge in [-0.25, -0.2) is 13.1 Å². The Kier molecular flexibility index (Phi) is 3.14. The summed E-state index contributed by atoms with van der Waals surface area (Å²) in [6.07, 6.45) is 2.17. The Balaban J connectivity index is 2.33. The SMILES string of the molecule is CCNS(=O)(=O)c1ccccc1NC1(C)CC1. The highest BCUT2D eigenvalue weighted by Gasteiger charge is 2.38. The molecule has 1 aliphatic carbocycles. The molecule has 1 aromatic carbocycles. The van der Waals surface area contributed by atoms with E-state index < -0.39 is 10.0 Å². The first-order valence-electron chi connectivity index (χ1n) is 5.84. The molecule has 0 heterocycles. The van der Waals surface area contributed by atoms with Crippen LogP contribution in [0, 0.1) is 0 Å². The summed E-state index contributed by atoms with van der Waals surface area (Å²) in [4.78, 5) is 0.329. The van der Waals surface area contributed by atoms with E-state index >= 15 is 0 Å². The van der Waals surface area contributed by atoms with Crippen LogP contribution in [0.5, 0.6) is 0 Å². The maximum absolute atomic E-state index is 12.0. The normalized spacial score (nSPS) is 17.8. The molecule has 0 saturated heterocycles. The first-order chi connectivity index (χ1) is 7.97. The largest absolute Gasteiger partial charge is 0.379 e. The van der Waals surface area contributed by atoms with Gasteiger partial charge in [0.2, 0.25) is 10.0 Å². The van der Waals surface area contributed by atoms with Crippen LogP contribution < -0.4 is 10.0 Å². The summed E-state index contributed by atoms with van der Waals surface area (Å²) in [5, 5.41) is 3.31. The van der Waals surface area contributed by atoms with E-state index in [1.807, 2.05) is 12.1 Å². The molecule has 2 rings (SSSR count). The molecular weight excluding hydrogens is 236 g/mol. The van der Waals surface area contributed by atoms with Crippen molar-refractivity contribution in [3.05, 3.63) is 24.3 Å². The lowest BCUT2D eigenvalue weighted by Gasteiger charge is -2.17. The van der Waals surface area contributed by atoms with Crippen molar-refractivity contribution in [2.24, 2.45) is 0 Å². The van der Waals surface area contributed by atoms with E-state index in [0.717, 1.165) is 12.8 Å². The van der Waals surface area contributed by atoms with Gasteiger partial charge in [0.25, 0.3) is 0 Å². The van der Waals surface area contributed by atoms with Crippen molar-refractivity contribution in [1.29, 1.82) is 0 Å². The number of hydrogen-bond acceptors (Lipinski definition) is 3. The van der Waals surface area contributed by atoms with Gasteiger partial charge in [0, 0.05) is 12.1 Å². The minimum Gasteiger partial charge on any atom is -0.379 e. The maximum atomic E-state index is 12.0. The summed E-state index contributed by atoms with van der Waals surface area (Å²) in [5.74, 6) is 0. The van der Waals surface area contributed by atoms with Gasteiger partial charge in [-0.2, -0.15) is 0 Å². The third kappa shape index (κ3) is 2.79. The predicted octanol–water partition coefficient (Wildman–Crippen LogP) is 1.95. The minimum absolute atomic E-state index is 0.0673. The zero-order valence-electron chi connectivity index (χ0n) is 10.2. The topological polar surface area (TPSA) is 58.2 Å². The number of hydrogen-bond donors (Lipinski definition) is 2. The van der Waals surface area contributed by atoms with E-state index in [1.54, 1.807) is 19.1 Å². The maximum Gasteiger partial charge on any atom is 0.242 e. The first-order valence-corrected chi connectivity index (χ1v) is 7.32. The van der Waals surface area contributed by atoms with E-state index in [1.165, 1.54) is 0 Å². The summed E-state index contributed by atoms with van der Waals surface area (Å²) < 4.78 is 26.5. The Hall–Kier alpha value is -1.07. The molecule has 0 unspecified atom stereocenters. The van der Waals surface area contributed by atoms with Crippen LogP contribution >= 0.6 is 0 Å². The van der Waals surface area contributed by atoms with E-state index in [9.17, 15) is 8.42 Å². The quantitative estimate of drug-likeness (QED) is 0.844. The smallest absolute Gasteiger partial charge is 0.242 e. The molecule has 2 N–H and O–H groups in total. The fourth-order valence-electron chi connectivity index (χ4n) is 1.71. The van der Waals surface area contributed by atoms with Crippen molar-refractivity contribution in [3.63, 3.8) is 0 Å². The second-order valence-electron chi connectivity index (χ2n) is 4.68. The second-order valence-corrected chi connectivity index (χ2v) is 6.42. The fraction of sp³-hybridized carbons (Fsp3) is 0.500. The van der Waals surface area contributed by atoms with Gasteiger partial charge < -0.3 is 5.32 Å². The zero-order valence-corrected chi connectivity index (χ0v) is 11.0. The summed E-state index contributed by atoms with van der Waals surface area (Å²) in [6, 6.07) is 7.03. The number of para-hydroxylation sites is 1. The van der Waals surface area contributed by atoms with Gasteiger partial charge in [-0.3, -0.25) is 0 Å². The standard InChI is InChI=1S/C12H18N2O2S/c1-3-13-17(15,16)11-7-5-4-6-10(11)14-12(2)8-9-12/h4-7,13-14H,3,8-9H2,1-2H3. The van der Waals surface area contributed by atoms with Crippen molar-refractivity contribution in [1.82, 2.24) is 4.72 Å². The van der Waals surface area contributed by atoms with E-state index in [0.29, 0.717) is 17.1 Å². The number of benzene rings is 1. The van der Waals surface area contributed by atoms with Crippen LogP contribution in [0.4, 0.5) is 5.69 Å². The van der Waals surface area contributed by atoms with Crippen LogP contribution in [0.25, 0.3) is 0 Å². The Morgan fingerprint density at radius 3 is 2.53 bits per heavy atom. The van der Waals surface area contributed by atoms with Crippen LogP contribution in [0.2, 0.25) is 0 Å². The molecule has 0 atom stereocenters. The molecule has 0 amide bonds. The lowest BCUT2D eigenvalue weighted by molar-refractivity contribution is 0.584. The van der Waals surface area contributed by atoms with Crippen LogP contribution in [0.1, 0.15) is 26.7 Å². The molecule has 0 aromatic heterocycles. The van der Waals surface area contributed by atoms with Gasteiger partial charge >= 0.3 is 0 Å². The van der Waals surface area contributed by atoms with Crippen molar-refractivity contribution >= 4 is 15.7 Å². The van der Waals surface area contributed by atoms with Gasteiger partial charge in [0.05, 0.1) is 5.69 Å².